The Labute approximate surface area is 112 Å². The van der Waals surface area contributed by atoms with Gasteiger partial charge in [-0.05, 0) is 24.3 Å². The number of hydrogen-bond acceptors (Lipinski definition) is 4. The maximum atomic E-state index is 9.41. The van der Waals surface area contributed by atoms with E-state index in [1.807, 2.05) is 42.5 Å². The SMILES string of the molecule is COc1cccc(OCC(CO)c2ccccn2)c1. The van der Waals surface area contributed by atoms with Crippen molar-refractivity contribution in [3.05, 3.63) is 54.4 Å². The van der Waals surface area contributed by atoms with Crippen LogP contribution in [0.15, 0.2) is 48.7 Å². The molecule has 1 aromatic heterocycles. The Balaban J connectivity index is 2.00. The normalized spacial score (nSPS) is 11.9. The number of benzene rings is 1. The Bertz CT molecular complexity index is 502. The zero-order chi connectivity index (χ0) is 13.5. The van der Waals surface area contributed by atoms with Gasteiger partial charge in [0.25, 0.3) is 0 Å². The molecule has 100 valence electrons. The van der Waals surface area contributed by atoms with E-state index in [1.54, 1.807) is 13.3 Å². The third-order valence-electron chi connectivity index (χ3n) is 2.82. The third-order valence-corrected chi connectivity index (χ3v) is 2.82. The quantitative estimate of drug-likeness (QED) is 0.864. The number of pyridine rings is 1. The molecule has 0 saturated carbocycles. The van der Waals surface area contributed by atoms with Crippen LogP contribution < -0.4 is 9.47 Å². The Hall–Kier alpha value is -2.07. The molecule has 1 heterocycles. The van der Waals surface area contributed by atoms with E-state index in [0.717, 1.165) is 11.4 Å². The lowest BCUT2D eigenvalue weighted by molar-refractivity contribution is 0.202. The first-order chi connectivity index (χ1) is 9.33. The number of aliphatic hydroxyl groups excluding tert-OH is 1. The van der Waals surface area contributed by atoms with Gasteiger partial charge in [0.2, 0.25) is 0 Å². The summed E-state index contributed by atoms with van der Waals surface area (Å²) in [6, 6.07) is 13.0. The topological polar surface area (TPSA) is 51.6 Å². The molecular weight excluding hydrogens is 242 g/mol. The monoisotopic (exact) mass is 259 g/mol. The molecule has 4 nitrogen and oxygen atoms in total. The van der Waals surface area contributed by atoms with Gasteiger partial charge < -0.3 is 14.6 Å². The van der Waals surface area contributed by atoms with E-state index >= 15 is 0 Å². The molecule has 1 atom stereocenters. The second kappa shape index (κ2) is 6.75. The van der Waals surface area contributed by atoms with Gasteiger partial charge in [-0.2, -0.15) is 0 Å². The fraction of sp³-hybridized carbons (Fsp3) is 0.267. The molecular formula is C15H17NO3. The first-order valence-electron chi connectivity index (χ1n) is 6.12. The number of hydrogen-bond donors (Lipinski definition) is 1. The van der Waals surface area contributed by atoms with E-state index in [4.69, 9.17) is 9.47 Å². The van der Waals surface area contributed by atoms with Crippen LogP contribution in [0.25, 0.3) is 0 Å². The maximum absolute atomic E-state index is 9.41. The van der Waals surface area contributed by atoms with Gasteiger partial charge >= 0.3 is 0 Å². The largest absolute Gasteiger partial charge is 0.497 e. The molecule has 0 aliphatic heterocycles. The Morgan fingerprint density at radius 2 is 2.00 bits per heavy atom. The predicted octanol–water partition coefficient (Wildman–Crippen LogP) is 2.25. The van der Waals surface area contributed by atoms with Crippen molar-refractivity contribution in [3.8, 4) is 11.5 Å². The summed E-state index contributed by atoms with van der Waals surface area (Å²) in [7, 11) is 1.61. The highest BCUT2D eigenvalue weighted by atomic mass is 16.5. The van der Waals surface area contributed by atoms with Crippen LogP contribution in [0.1, 0.15) is 11.6 Å². The van der Waals surface area contributed by atoms with Crippen LogP contribution in [0, 0.1) is 0 Å². The van der Waals surface area contributed by atoms with Crippen LogP contribution in [0.4, 0.5) is 0 Å². The summed E-state index contributed by atoms with van der Waals surface area (Å²) in [5.74, 6) is 1.33. The minimum Gasteiger partial charge on any atom is -0.497 e. The van der Waals surface area contributed by atoms with Crippen molar-refractivity contribution < 1.29 is 14.6 Å². The first-order valence-corrected chi connectivity index (χ1v) is 6.12. The number of ether oxygens (including phenoxy) is 2. The number of aliphatic hydroxyl groups is 1. The summed E-state index contributed by atoms with van der Waals surface area (Å²) in [5.41, 5.74) is 0.827. The van der Waals surface area contributed by atoms with Gasteiger partial charge in [0, 0.05) is 18.0 Å². The van der Waals surface area contributed by atoms with Gasteiger partial charge in [-0.1, -0.05) is 12.1 Å². The van der Waals surface area contributed by atoms with Crippen LogP contribution in [0.2, 0.25) is 0 Å². The lowest BCUT2D eigenvalue weighted by Crippen LogP contribution is -2.15. The van der Waals surface area contributed by atoms with Crippen LogP contribution in [0.5, 0.6) is 11.5 Å². The predicted molar refractivity (Wildman–Crippen MR) is 72.6 cm³/mol. The fourth-order valence-corrected chi connectivity index (χ4v) is 1.74. The van der Waals surface area contributed by atoms with Crippen molar-refractivity contribution in [2.24, 2.45) is 0 Å². The summed E-state index contributed by atoms with van der Waals surface area (Å²) in [4.78, 5) is 4.23. The lowest BCUT2D eigenvalue weighted by Gasteiger charge is -2.15. The average Bonchev–Trinajstić information content (AvgIpc) is 2.49. The Morgan fingerprint density at radius 3 is 2.68 bits per heavy atom. The lowest BCUT2D eigenvalue weighted by atomic mass is 10.1. The van der Waals surface area contributed by atoms with Crippen LogP contribution in [-0.2, 0) is 0 Å². The van der Waals surface area contributed by atoms with E-state index in [2.05, 4.69) is 4.98 Å². The van der Waals surface area contributed by atoms with E-state index in [0.29, 0.717) is 12.4 Å². The molecule has 2 rings (SSSR count). The summed E-state index contributed by atoms with van der Waals surface area (Å²) < 4.78 is 10.8. The van der Waals surface area contributed by atoms with Crippen molar-refractivity contribution in [2.45, 2.75) is 5.92 Å². The number of aromatic nitrogens is 1. The number of rotatable bonds is 6. The van der Waals surface area contributed by atoms with Crippen LogP contribution in [0.3, 0.4) is 0 Å². The fourth-order valence-electron chi connectivity index (χ4n) is 1.74. The highest BCUT2D eigenvalue weighted by molar-refractivity contribution is 5.32. The molecule has 0 amide bonds. The molecule has 19 heavy (non-hydrogen) atoms. The zero-order valence-electron chi connectivity index (χ0n) is 10.8. The van der Waals surface area contributed by atoms with Gasteiger partial charge in [-0.25, -0.2) is 0 Å². The molecule has 0 bridgehead atoms. The van der Waals surface area contributed by atoms with E-state index in [9.17, 15) is 5.11 Å². The second-order valence-electron chi connectivity index (χ2n) is 4.12. The average molecular weight is 259 g/mol. The first kappa shape index (κ1) is 13.4. The standard InChI is InChI=1S/C15H17NO3/c1-18-13-5-4-6-14(9-13)19-11-12(10-17)15-7-2-3-8-16-15/h2-9,12,17H,10-11H2,1H3. The summed E-state index contributed by atoms with van der Waals surface area (Å²) in [6.45, 7) is 0.377. The number of methoxy groups -OCH3 is 1. The molecule has 4 heteroatoms. The van der Waals surface area contributed by atoms with Crippen molar-refractivity contribution in [3.63, 3.8) is 0 Å². The molecule has 0 saturated heterocycles. The smallest absolute Gasteiger partial charge is 0.123 e. The molecule has 0 radical (unpaired) electrons. The summed E-state index contributed by atoms with van der Waals surface area (Å²) >= 11 is 0. The van der Waals surface area contributed by atoms with Gasteiger partial charge in [-0.15, -0.1) is 0 Å². The van der Waals surface area contributed by atoms with Gasteiger partial charge in [0.15, 0.2) is 0 Å². The maximum Gasteiger partial charge on any atom is 0.123 e. The summed E-state index contributed by atoms with van der Waals surface area (Å²) in [6.07, 6.45) is 1.71. The molecule has 0 aliphatic carbocycles. The molecule has 1 N–H and O–H groups in total. The third kappa shape index (κ3) is 3.69. The molecule has 0 fully saturated rings. The molecule has 1 unspecified atom stereocenters. The van der Waals surface area contributed by atoms with E-state index in [1.165, 1.54) is 0 Å². The minimum atomic E-state index is -0.132. The van der Waals surface area contributed by atoms with Crippen molar-refractivity contribution in [1.82, 2.24) is 4.98 Å². The molecule has 0 spiro atoms. The van der Waals surface area contributed by atoms with Crippen LogP contribution >= 0.6 is 0 Å². The van der Waals surface area contributed by atoms with Gasteiger partial charge in [0.1, 0.15) is 11.5 Å². The highest BCUT2D eigenvalue weighted by Crippen LogP contribution is 2.21. The van der Waals surface area contributed by atoms with E-state index in [-0.39, 0.29) is 12.5 Å². The highest BCUT2D eigenvalue weighted by Gasteiger charge is 2.12. The van der Waals surface area contributed by atoms with Gasteiger partial charge in [-0.3, -0.25) is 4.98 Å². The van der Waals surface area contributed by atoms with Crippen molar-refractivity contribution >= 4 is 0 Å². The summed E-state index contributed by atoms with van der Waals surface area (Å²) in [5, 5.41) is 9.41. The molecule has 2 aromatic rings. The van der Waals surface area contributed by atoms with E-state index < -0.39 is 0 Å². The second-order valence-corrected chi connectivity index (χ2v) is 4.12. The zero-order valence-corrected chi connectivity index (χ0v) is 10.8. The van der Waals surface area contributed by atoms with Gasteiger partial charge in [0.05, 0.1) is 26.2 Å². The Kier molecular flexibility index (Phi) is 4.75. The van der Waals surface area contributed by atoms with Crippen molar-refractivity contribution in [1.29, 1.82) is 0 Å². The number of nitrogens with zero attached hydrogens (tertiary/aromatic N) is 1. The minimum absolute atomic E-state index is 0.000974. The molecule has 0 aliphatic rings. The van der Waals surface area contributed by atoms with Crippen molar-refractivity contribution in [2.75, 3.05) is 20.3 Å². The molecule has 1 aromatic carbocycles. The Morgan fingerprint density at radius 1 is 1.16 bits per heavy atom. The van der Waals surface area contributed by atoms with Crippen LogP contribution in [-0.4, -0.2) is 30.4 Å².